The van der Waals surface area contributed by atoms with Gasteiger partial charge in [-0.3, -0.25) is 9.36 Å². The zero-order valence-corrected chi connectivity index (χ0v) is 10.1. The van der Waals surface area contributed by atoms with Crippen molar-refractivity contribution in [1.29, 1.82) is 0 Å². The smallest absolute Gasteiger partial charge is 0.263 e. The first-order valence-corrected chi connectivity index (χ1v) is 6.09. The largest absolute Gasteiger partial charge is 0.274 e. The Morgan fingerprint density at radius 3 is 2.56 bits per heavy atom. The van der Waals surface area contributed by atoms with Crippen LogP contribution in [0.3, 0.4) is 0 Å². The normalized spacial score (nSPS) is 12.8. The number of hydrogen-bond acceptors (Lipinski definition) is 1. The van der Waals surface area contributed by atoms with Gasteiger partial charge in [-0.05, 0) is 18.2 Å². The summed E-state index contributed by atoms with van der Waals surface area (Å²) in [7, 11) is 0. The lowest BCUT2D eigenvalue weighted by molar-refractivity contribution is 0.0973. The standard InChI is InChI=1S/C15H8ClNO/c16-12-7-3-4-9-8-13-10-5-1-2-6-11(10)15(18)17(13)14(9)12/h1-8H. The summed E-state index contributed by atoms with van der Waals surface area (Å²) in [6.45, 7) is 0. The number of para-hydroxylation sites is 1. The Morgan fingerprint density at radius 1 is 0.944 bits per heavy atom. The van der Waals surface area contributed by atoms with E-state index in [1.165, 1.54) is 0 Å². The molecule has 1 aliphatic heterocycles. The van der Waals surface area contributed by atoms with E-state index < -0.39 is 0 Å². The first kappa shape index (κ1) is 9.92. The fraction of sp³-hybridized carbons (Fsp3) is 0. The van der Waals surface area contributed by atoms with E-state index in [0.717, 1.165) is 27.7 Å². The maximum Gasteiger partial charge on any atom is 0.263 e. The van der Waals surface area contributed by atoms with Crippen LogP contribution < -0.4 is 0 Å². The van der Waals surface area contributed by atoms with Crippen LogP contribution in [0.5, 0.6) is 0 Å². The highest BCUT2D eigenvalue weighted by molar-refractivity contribution is 6.36. The number of hydrogen-bond donors (Lipinski definition) is 0. The zero-order chi connectivity index (χ0) is 12.3. The van der Waals surface area contributed by atoms with Gasteiger partial charge in [-0.2, -0.15) is 0 Å². The van der Waals surface area contributed by atoms with E-state index in [-0.39, 0.29) is 5.91 Å². The molecule has 0 saturated carbocycles. The van der Waals surface area contributed by atoms with Crippen LogP contribution in [0.1, 0.15) is 10.4 Å². The van der Waals surface area contributed by atoms with Crippen LogP contribution in [-0.4, -0.2) is 10.5 Å². The number of nitrogens with zero attached hydrogens (tertiary/aromatic N) is 1. The minimum atomic E-state index is 0.00343. The van der Waals surface area contributed by atoms with Gasteiger partial charge in [0.05, 0.1) is 16.2 Å². The van der Waals surface area contributed by atoms with Crippen molar-refractivity contribution in [3.05, 3.63) is 59.1 Å². The Bertz CT molecular complexity index is 816. The number of carbonyl (C=O) groups is 1. The van der Waals surface area contributed by atoms with Crippen molar-refractivity contribution in [1.82, 2.24) is 4.57 Å². The highest BCUT2D eigenvalue weighted by Gasteiger charge is 2.28. The SMILES string of the molecule is O=C1c2ccccc2-c2cc3cccc(Cl)c3n21. The van der Waals surface area contributed by atoms with Gasteiger partial charge in [-0.25, -0.2) is 0 Å². The summed E-state index contributed by atoms with van der Waals surface area (Å²) in [6, 6.07) is 15.4. The highest BCUT2D eigenvalue weighted by Crippen LogP contribution is 2.38. The number of halogens is 1. The lowest BCUT2D eigenvalue weighted by Gasteiger charge is -2.01. The minimum absolute atomic E-state index is 0.00343. The number of carbonyl (C=O) groups excluding carboxylic acids is 1. The topological polar surface area (TPSA) is 22.0 Å². The number of benzene rings is 2. The van der Waals surface area contributed by atoms with Crippen LogP contribution in [0.2, 0.25) is 5.02 Å². The number of aromatic nitrogens is 1. The molecule has 1 aliphatic rings. The molecule has 4 rings (SSSR count). The van der Waals surface area contributed by atoms with Gasteiger partial charge in [-0.15, -0.1) is 0 Å². The van der Waals surface area contributed by atoms with E-state index in [0.29, 0.717) is 5.02 Å². The molecule has 0 unspecified atom stereocenters. The summed E-state index contributed by atoms with van der Waals surface area (Å²) in [5, 5.41) is 1.61. The van der Waals surface area contributed by atoms with E-state index in [1.54, 1.807) is 4.57 Å². The molecule has 18 heavy (non-hydrogen) atoms. The average Bonchev–Trinajstić information content (AvgIpc) is 2.89. The van der Waals surface area contributed by atoms with E-state index in [9.17, 15) is 4.79 Å². The van der Waals surface area contributed by atoms with Crippen LogP contribution in [0.15, 0.2) is 48.5 Å². The summed E-state index contributed by atoms with van der Waals surface area (Å²) in [6.07, 6.45) is 0. The Hall–Kier alpha value is -2.06. The van der Waals surface area contributed by atoms with E-state index >= 15 is 0 Å². The molecule has 1 aromatic heterocycles. The second-order valence-corrected chi connectivity index (χ2v) is 4.80. The highest BCUT2D eigenvalue weighted by atomic mass is 35.5. The van der Waals surface area contributed by atoms with Gasteiger partial charge < -0.3 is 0 Å². The molecule has 2 aromatic carbocycles. The van der Waals surface area contributed by atoms with Crippen LogP contribution in [-0.2, 0) is 0 Å². The predicted octanol–water partition coefficient (Wildman–Crippen LogP) is 3.96. The molecule has 0 spiro atoms. The average molecular weight is 254 g/mol. The molecule has 0 aliphatic carbocycles. The molecular formula is C15H8ClNO. The van der Waals surface area contributed by atoms with Gasteiger partial charge in [-0.1, -0.05) is 41.9 Å². The van der Waals surface area contributed by atoms with Crippen LogP contribution in [0, 0.1) is 0 Å². The molecule has 3 heteroatoms. The quantitative estimate of drug-likeness (QED) is 0.465. The van der Waals surface area contributed by atoms with Gasteiger partial charge in [0, 0.05) is 16.5 Å². The van der Waals surface area contributed by atoms with Gasteiger partial charge in [0.1, 0.15) is 0 Å². The van der Waals surface area contributed by atoms with Crippen LogP contribution in [0.4, 0.5) is 0 Å². The van der Waals surface area contributed by atoms with Crippen molar-refractivity contribution in [2.75, 3.05) is 0 Å². The fourth-order valence-corrected chi connectivity index (χ4v) is 2.91. The molecule has 0 amide bonds. The van der Waals surface area contributed by atoms with Gasteiger partial charge in [0.25, 0.3) is 5.91 Å². The molecule has 0 saturated heterocycles. The van der Waals surface area contributed by atoms with Gasteiger partial charge in [0.15, 0.2) is 0 Å². The van der Waals surface area contributed by atoms with Crippen molar-refractivity contribution in [2.24, 2.45) is 0 Å². The molecule has 86 valence electrons. The molecule has 0 fully saturated rings. The van der Waals surface area contributed by atoms with Gasteiger partial charge >= 0.3 is 0 Å². The third-order valence-corrected chi connectivity index (χ3v) is 3.72. The second-order valence-electron chi connectivity index (χ2n) is 4.39. The number of rotatable bonds is 0. The third-order valence-electron chi connectivity index (χ3n) is 3.41. The Labute approximate surface area is 108 Å². The lowest BCUT2D eigenvalue weighted by atomic mass is 10.1. The van der Waals surface area contributed by atoms with Crippen molar-refractivity contribution in [3.63, 3.8) is 0 Å². The summed E-state index contributed by atoms with van der Waals surface area (Å²) in [5.74, 6) is 0.00343. The van der Waals surface area contributed by atoms with E-state index in [2.05, 4.69) is 0 Å². The van der Waals surface area contributed by atoms with Gasteiger partial charge in [0.2, 0.25) is 0 Å². The molecule has 2 nitrogen and oxygen atoms in total. The lowest BCUT2D eigenvalue weighted by Crippen LogP contribution is -2.05. The molecule has 0 bridgehead atoms. The van der Waals surface area contributed by atoms with Crippen molar-refractivity contribution in [3.8, 4) is 11.3 Å². The monoisotopic (exact) mass is 253 g/mol. The summed E-state index contributed by atoms with van der Waals surface area (Å²) >= 11 is 6.22. The summed E-state index contributed by atoms with van der Waals surface area (Å²) in [5.41, 5.74) is 3.46. The molecule has 0 atom stereocenters. The van der Waals surface area contributed by atoms with E-state index in [4.69, 9.17) is 11.6 Å². The second kappa shape index (κ2) is 3.24. The first-order valence-electron chi connectivity index (χ1n) is 5.71. The predicted molar refractivity (Wildman–Crippen MR) is 72.1 cm³/mol. The molecule has 3 aromatic rings. The zero-order valence-electron chi connectivity index (χ0n) is 9.35. The van der Waals surface area contributed by atoms with Crippen LogP contribution in [0.25, 0.3) is 22.2 Å². The maximum atomic E-state index is 12.4. The molecule has 0 N–H and O–H groups in total. The van der Waals surface area contributed by atoms with Crippen molar-refractivity contribution < 1.29 is 4.79 Å². The maximum absolute atomic E-state index is 12.4. The Kier molecular flexibility index (Phi) is 1.78. The van der Waals surface area contributed by atoms with Crippen LogP contribution >= 0.6 is 11.6 Å². The molecule has 2 heterocycles. The third kappa shape index (κ3) is 1.06. The number of fused-ring (bicyclic) bond motifs is 5. The Balaban J connectivity index is 2.20. The summed E-state index contributed by atoms with van der Waals surface area (Å²) < 4.78 is 1.71. The Morgan fingerprint density at radius 2 is 1.72 bits per heavy atom. The van der Waals surface area contributed by atoms with E-state index in [1.807, 2.05) is 48.5 Å². The molecule has 0 radical (unpaired) electrons. The first-order chi connectivity index (χ1) is 8.77. The minimum Gasteiger partial charge on any atom is -0.274 e. The molecular weight excluding hydrogens is 246 g/mol. The summed E-state index contributed by atoms with van der Waals surface area (Å²) in [4.78, 5) is 12.4. The van der Waals surface area contributed by atoms with Crippen molar-refractivity contribution in [2.45, 2.75) is 0 Å². The fourth-order valence-electron chi connectivity index (χ4n) is 2.64. The van der Waals surface area contributed by atoms with Crippen molar-refractivity contribution >= 4 is 28.4 Å².